The van der Waals surface area contributed by atoms with E-state index >= 15 is 0 Å². The third-order valence-electron chi connectivity index (χ3n) is 3.00. The highest BCUT2D eigenvalue weighted by atomic mass is 35.5. The van der Waals surface area contributed by atoms with Crippen LogP contribution in [0.4, 0.5) is 0 Å². The van der Waals surface area contributed by atoms with E-state index in [0.717, 1.165) is 24.3 Å². The molecule has 0 aliphatic rings. The second-order valence-corrected chi connectivity index (χ2v) is 5.49. The van der Waals surface area contributed by atoms with E-state index in [0.29, 0.717) is 22.7 Å². The molecule has 0 saturated carbocycles. The molecular formula is C14H22Cl2NO+. The molecule has 0 heterocycles. The predicted molar refractivity (Wildman–Crippen MR) is 77.9 cm³/mol. The molecule has 102 valence electrons. The molecule has 0 amide bonds. The fourth-order valence-corrected chi connectivity index (χ4v) is 2.35. The lowest BCUT2D eigenvalue weighted by Gasteiger charge is -2.12. The molecule has 0 bridgehead atoms. The summed E-state index contributed by atoms with van der Waals surface area (Å²) >= 11 is 12.0. The zero-order valence-electron chi connectivity index (χ0n) is 11.3. The molecule has 1 rings (SSSR count). The van der Waals surface area contributed by atoms with E-state index in [1.165, 1.54) is 6.42 Å². The monoisotopic (exact) mass is 290 g/mol. The summed E-state index contributed by atoms with van der Waals surface area (Å²) in [6.45, 7) is 8.17. The van der Waals surface area contributed by atoms with Gasteiger partial charge in [0.1, 0.15) is 5.75 Å². The smallest absolute Gasteiger partial charge is 0.140 e. The Bertz CT molecular complexity index is 359. The van der Waals surface area contributed by atoms with Crippen LogP contribution in [0, 0.1) is 6.92 Å². The molecule has 0 unspecified atom stereocenters. The molecule has 0 radical (unpaired) electrons. The van der Waals surface area contributed by atoms with Crippen LogP contribution in [0.5, 0.6) is 5.75 Å². The average Bonchev–Trinajstić information content (AvgIpc) is 2.31. The summed E-state index contributed by atoms with van der Waals surface area (Å²) in [6.07, 6.45) is 2.21. The maximum absolute atomic E-state index is 6.10. The van der Waals surface area contributed by atoms with Crippen LogP contribution in [0.15, 0.2) is 12.1 Å². The topological polar surface area (TPSA) is 25.8 Å². The molecule has 4 heteroatoms. The number of benzene rings is 1. The standard InChI is InChI=1S/C14H21Cl2NO/c1-4-11(3)17-6-5-7-18-14-10(2)8-12(15)9-13(14)16/h8-9,11,17H,4-7H2,1-3H3/p+1/t11-/m0/s1. The quantitative estimate of drug-likeness (QED) is 0.765. The predicted octanol–water partition coefficient (Wildman–Crippen LogP) is 3.43. The van der Waals surface area contributed by atoms with Gasteiger partial charge in [-0.3, -0.25) is 0 Å². The molecule has 0 fully saturated rings. The Balaban J connectivity index is 2.36. The van der Waals surface area contributed by atoms with Crippen molar-refractivity contribution in [3.63, 3.8) is 0 Å². The Labute approximate surface area is 120 Å². The summed E-state index contributed by atoms with van der Waals surface area (Å²) in [5.74, 6) is 0.754. The highest BCUT2D eigenvalue weighted by molar-refractivity contribution is 6.35. The average molecular weight is 291 g/mol. The summed E-state index contributed by atoms with van der Waals surface area (Å²) in [4.78, 5) is 0. The number of ether oxygens (including phenoxy) is 1. The minimum absolute atomic E-state index is 0.589. The highest BCUT2D eigenvalue weighted by Gasteiger charge is 2.07. The van der Waals surface area contributed by atoms with E-state index in [9.17, 15) is 0 Å². The molecule has 1 aromatic rings. The minimum Gasteiger partial charge on any atom is -0.492 e. The Morgan fingerprint density at radius 3 is 2.67 bits per heavy atom. The normalized spacial score (nSPS) is 12.5. The van der Waals surface area contributed by atoms with Crippen molar-refractivity contribution in [3.05, 3.63) is 27.7 Å². The third kappa shape index (κ3) is 5.05. The van der Waals surface area contributed by atoms with Crippen LogP contribution in [-0.4, -0.2) is 19.2 Å². The van der Waals surface area contributed by atoms with Gasteiger partial charge in [-0.2, -0.15) is 0 Å². The van der Waals surface area contributed by atoms with Crippen molar-refractivity contribution in [2.24, 2.45) is 0 Å². The summed E-state index contributed by atoms with van der Waals surface area (Å²) < 4.78 is 5.73. The van der Waals surface area contributed by atoms with Gasteiger partial charge in [-0.1, -0.05) is 30.1 Å². The molecule has 1 atom stereocenters. The molecule has 0 spiro atoms. The Hall–Kier alpha value is -0.440. The zero-order chi connectivity index (χ0) is 13.5. The van der Waals surface area contributed by atoms with Gasteiger partial charge in [-0.15, -0.1) is 0 Å². The maximum atomic E-state index is 6.10. The second-order valence-electron chi connectivity index (χ2n) is 4.65. The largest absolute Gasteiger partial charge is 0.492 e. The minimum atomic E-state index is 0.589. The lowest BCUT2D eigenvalue weighted by Crippen LogP contribution is -2.89. The van der Waals surface area contributed by atoms with Crippen molar-refractivity contribution >= 4 is 23.2 Å². The van der Waals surface area contributed by atoms with Crippen molar-refractivity contribution in [3.8, 4) is 5.75 Å². The van der Waals surface area contributed by atoms with Gasteiger partial charge < -0.3 is 10.1 Å². The van der Waals surface area contributed by atoms with Crippen LogP contribution < -0.4 is 10.1 Å². The third-order valence-corrected chi connectivity index (χ3v) is 3.50. The second kappa shape index (κ2) is 7.88. The van der Waals surface area contributed by atoms with E-state index < -0.39 is 0 Å². The first-order valence-electron chi connectivity index (χ1n) is 6.46. The van der Waals surface area contributed by atoms with Gasteiger partial charge in [-0.25, -0.2) is 0 Å². The summed E-state index contributed by atoms with van der Waals surface area (Å²) in [5, 5.41) is 3.58. The molecule has 0 aromatic heterocycles. The van der Waals surface area contributed by atoms with Crippen LogP contribution in [-0.2, 0) is 0 Å². The number of halogens is 2. The molecular weight excluding hydrogens is 269 g/mol. The summed E-state index contributed by atoms with van der Waals surface area (Å²) in [6, 6.07) is 4.27. The van der Waals surface area contributed by atoms with Crippen LogP contribution in [0.2, 0.25) is 10.0 Å². The first kappa shape index (κ1) is 15.6. The lowest BCUT2D eigenvalue weighted by molar-refractivity contribution is -0.686. The molecule has 2 N–H and O–H groups in total. The maximum Gasteiger partial charge on any atom is 0.140 e. The molecule has 0 aliphatic heterocycles. The van der Waals surface area contributed by atoms with Crippen molar-refractivity contribution in [2.45, 2.75) is 39.7 Å². The Kier molecular flexibility index (Phi) is 6.83. The number of aryl methyl sites for hydroxylation is 1. The van der Waals surface area contributed by atoms with Gasteiger partial charge in [0.05, 0.1) is 24.2 Å². The van der Waals surface area contributed by atoms with Gasteiger partial charge in [0.2, 0.25) is 0 Å². The van der Waals surface area contributed by atoms with Gasteiger partial charge in [0.25, 0.3) is 0 Å². The Morgan fingerprint density at radius 2 is 2.06 bits per heavy atom. The first-order valence-corrected chi connectivity index (χ1v) is 7.22. The molecule has 2 nitrogen and oxygen atoms in total. The first-order chi connectivity index (χ1) is 8.54. The Morgan fingerprint density at radius 1 is 1.33 bits per heavy atom. The molecule has 0 saturated heterocycles. The van der Waals surface area contributed by atoms with Gasteiger partial charge >= 0.3 is 0 Å². The van der Waals surface area contributed by atoms with E-state index in [1.54, 1.807) is 6.07 Å². The molecule has 0 aliphatic carbocycles. The fourth-order valence-electron chi connectivity index (χ4n) is 1.70. The van der Waals surface area contributed by atoms with Gasteiger partial charge in [0, 0.05) is 11.4 Å². The highest BCUT2D eigenvalue weighted by Crippen LogP contribution is 2.31. The van der Waals surface area contributed by atoms with E-state index in [-0.39, 0.29) is 0 Å². The van der Waals surface area contributed by atoms with Crippen LogP contribution in [0.3, 0.4) is 0 Å². The number of nitrogens with two attached hydrogens (primary N) is 1. The van der Waals surface area contributed by atoms with Crippen LogP contribution in [0.25, 0.3) is 0 Å². The van der Waals surface area contributed by atoms with Crippen LogP contribution in [0.1, 0.15) is 32.3 Å². The van der Waals surface area contributed by atoms with Gasteiger partial charge in [0.15, 0.2) is 0 Å². The lowest BCUT2D eigenvalue weighted by atomic mass is 10.2. The van der Waals surface area contributed by atoms with E-state index in [4.69, 9.17) is 27.9 Å². The van der Waals surface area contributed by atoms with E-state index in [1.807, 2.05) is 13.0 Å². The zero-order valence-corrected chi connectivity index (χ0v) is 12.8. The number of quaternary nitrogens is 1. The summed E-state index contributed by atoms with van der Waals surface area (Å²) in [5.41, 5.74) is 0.985. The number of hydrogen-bond acceptors (Lipinski definition) is 1. The van der Waals surface area contributed by atoms with Crippen molar-refractivity contribution < 1.29 is 10.1 Å². The van der Waals surface area contributed by atoms with Crippen molar-refractivity contribution in [1.29, 1.82) is 0 Å². The van der Waals surface area contributed by atoms with Crippen molar-refractivity contribution in [2.75, 3.05) is 13.2 Å². The van der Waals surface area contributed by atoms with E-state index in [2.05, 4.69) is 19.2 Å². The summed E-state index contributed by atoms with van der Waals surface area (Å²) in [7, 11) is 0. The van der Waals surface area contributed by atoms with Gasteiger partial charge in [-0.05, 0) is 38.0 Å². The number of hydrogen-bond donors (Lipinski definition) is 1. The fraction of sp³-hybridized carbons (Fsp3) is 0.571. The molecule has 1 aromatic carbocycles. The van der Waals surface area contributed by atoms with Crippen LogP contribution >= 0.6 is 23.2 Å². The SMILES string of the molecule is CC[C@H](C)[NH2+]CCCOc1c(C)cc(Cl)cc1Cl. The molecule has 18 heavy (non-hydrogen) atoms. The number of rotatable bonds is 7. The van der Waals surface area contributed by atoms with Crippen molar-refractivity contribution in [1.82, 2.24) is 0 Å².